The predicted molar refractivity (Wildman–Crippen MR) is 75.6 cm³/mol. The number of benzene rings is 1. The minimum atomic E-state index is -0.441. The summed E-state index contributed by atoms with van der Waals surface area (Å²) in [4.78, 5) is 18.3. The van der Waals surface area contributed by atoms with Crippen LogP contribution in [-0.4, -0.2) is 23.9 Å². The maximum atomic E-state index is 11.7. The van der Waals surface area contributed by atoms with Crippen LogP contribution in [0.3, 0.4) is 0 Å². The number of rotatable bonds is 1. The third kappa shape index (κ3) is 2.75. The van der Waals surface area contributed by atoms with Gasteiger partial charge in [-0.05, 0) is 18.2 Å². The maximum Gasteiger partial charge on any atom is 0.296 e. The molecular weight excluding hydrogens is 275 g/mol. The quantitative estimate of drug-likeness (QED) is 0.553. The lowest BCUT2D eigenvalue weighted by atomic mass is 10.2. The average molecular weight is 287 g/mol. The van der Waals surface area contributed by atoms with E-state index in [1.165, 1.54) is 0 Å². The van der Waals surface area contributed by atoms with Gasteiger partial charge in [-0.2, -0.15) is 4.99 Å². The number of carbonyl (C=O) groups excluding carboxylic acids is 1. The van der Waals surface area contributed by atoms with Crippen LogP contribution >= 0.6 is 24.0 Å². The zero-order valence-corrected chi connectivity index (χ0v) is 11.1. The summed E-state index contributed by atoms with van der Waals surface area (Å²) in [6.45, 7) is 0. The maximum absolute atomic E-state index is 11.7. The molecule has 0 fully saturated rings. The molecule has 0 saturated carbocycles. The van der Waals surface area contributed by atoms with E-state index >= 15 is 0 Å². The van der Waals surface area contributed by atoms with Gasteiger partial charge in [0.1, 0.15) is 5.69 Å². The molecule has 0 aliphatic rings. The summed E-state index contributed by atoms with van der Waals surface area (Å²) in [6, 6.07) is 7.06. The van der Waals surface area contributed by atoms with Crippen LogP contribution < -0.4 is 11.1 Å². The Morgan fingerprint density at radius 3 is 2.83 bits per heavy atom. The molecule has 0 atom stereocenters. The second-order valence-corrected chi connectivity index (χ2v) is 3.84. The van der Waals surface area contributed by atoms with E-state index in [0.29, 0.717) is 10.7 Å². The lowest BCUT2D eigenvalue weighted by molar-refractivity contribution is 0.0998. The topological polar surface area (TPSA) is 83.3 Å². The molecule has 1 amide bonds. The molecule has 0 radical (unpaired) electrons. The van der Waals surface area contributed by atoms with Crippen LogP contribution in [-0.2, 0) is 0 Å². The van der Waals surface area contributed by atoms with Crippen molar-refractivity contribution in [3.63, 3.8) is 0 Å². The predicted octanol–water partition coefficient (Wildman–Crippen LogP) is 1.92. The van der Waals surface area contributed by atoms with Crippen LogP contribution in [0.2, 0.25) is 5.02 Å². The molecule has 0 bridgehead atoms. The van der Waals surface area contributed by atoms with E-state index in [2.05, 4.69) is 15.3 Å². The van der Waals surface area contributed by atoms with Crippen LogP contribution in [0.1, 0.15) is 10.5 Å². The van der Waals surface area contributed by atoms with E-state index in [1.807, 2.05) is 6.07 Å². The molecule has 1 aromatic carbocycles. The van der Waals surface area contributed by atoms with Crippen molar-refractivity contribution in [3.8, 4) is 0 Å². The van der Waals surface area contributed by atoms with Gasteiger partial charge in [-0.25, -0.2) is 0 Å². The van der Waals surface area contributed by atoms with Crippen LogP contribution in [0, 0.1) is 0 Å². The van der Waals surface area contributed by atoms with Gasteiger partial charge in [0.05, 0.1) is 0 Å². The number of nitrogens with zero attached hydrogens (tertiary/aromatic N) is 1. The second-order valence-electron chi connectivity index (χ2n) is 3.44. The van der Waals surface area contributed by atoms with E-state index in [9.17, 15) is 4.79 Å². The molecule has 96 valence electrons. The number of aromatic nitrogens is 1. The molecule has 4 N–H and O–H groups in total. The number of guanidine groups is 1. The van der Waals surface area contributed by atoms with E-state index in [0.717, 1.165) is 10.9 Å². The standard InChI is InChI=1S/C11H11ClN4O.ClH/c1-14-11(13)16-10(17)9-5-6-7(12)3-2-4-8(6)15-9;/h2-5,15H,1H3,(H3,13,14,16,17);1H. The number of halogens is 2. The molecule has 0 aliphatic heterocycles. The molecule has 0 aliphatic carbocycles. The molecule has 2 rings (SSSR count). The Kier molecular flexibility index (Phi) is 4.58. The number of carbonyl (C=O) groups is 1. The fourth-order valence-electron chi connectivity index (χ4n) is 1.46. The first-order valence-corrected chi connectivity index (χ1v) is 5.33. The first kappa shape index (κ1) is 14.3. The number of fused-ring (bicyclic) bond motifs is 1. The Hall–Kier alpha value is -1.72. The Morgan fingerprint density at radius 1 is 1.50 bits per heavy atom. The normalized spacial score (nSPS) is 11.1. The zero-order valence-electron chi connectivity index (χ0n) is 9.53. The largest absolute Gasteiger partial charge is 0.370 e. The fraction of sp³-hybridized carbons (Fsp3) is 0.0909. The highest BCUT2D eigenvalue weighted by Crippen LogP contribution is 2.24. The number of nitrogens with two attached hydrogens (primary N) is 1. The zero-order chi connectivity index (χ0) is 12.4. The van der Waals surface area contributed by atoms with Crippen molar-refractivity contribution in [2.45, 2.75) is 0 Å². The van der Waals surface area contributed by atoms with Gasteiger partial charge in [0.2, 0.25) is 0 Å². The molecular formula is C11H12Cl2N4O. The van der Waals surface area contributed by atoms with Crippen molar-refractivity contribution in [2.75, 3.05) is 7.05 Å². The molecule has 0 saturated heterocycles. The van der Waals surface area contributed by atoms with Gasteiger partial charge < -0.3 is 16.0 Å². The van der Waals surface area contributed by atoms with Crippen molar-refractivity contribution in [2.24, 2.45) is 10.7 Å². The summed E-state index contributed by atoms with van der Waals surface area (Å²) in [5.41, 5.74) is 6.56. The molecule has 5 nitrogen and oxygen atoms in total. The summed E-state index contributed by atoms with van der Waals surface area (Å²) in [6.07, 6.45) is 0. The lowest BCUT2D eigenvalue weighted by Gasteiger charge is -1.95. The SMILES string of the molecule is CNC(N)=NC(=O)c1cc2c(Cl)cccc2[nH]1.Cl. The molecule has 7 heteroatoms. The minimum Gasteiger partial charge on any atom is -0.370 e. The third-order valence-electron chi connectivity index (χ3n) is 2.32. The third-order valence-corrected chi connectivity index (χ3v) is 2.65. The minimum absolute atomic E-state index is 0. The van der Waals surface area contributed by atoms with Gasteiger partial charge in [0, 0.05) is 23.0 Å². The van der Waals surface area contributed by atoms with Crippen molar-refractivity contribution in [3.05, 3.63) is 35.0 Å². The summed E-state index contributed by atoms with van der Waals surface area (Å²) in [7, 11) is 1.59. The van der Waals surface area contributed by atoms with Crippen LogP contribution in [0.4, 0.5) is 0 Å². The number of H-pyrrole nitrogens is 1. The molecule has 0 unspecified atom stereocenters. The molecule has 1 heterocycles. The Morgan fingerprint density at radius 2 is 2.22 bits per heavy atom. The number of amides is 1. The van der Waals surface area contributed by atoms with Crippen molar-refractivity contribution in [1.29, 1.82) is 0 Å². The van der Waals surface area contributed by atoms with Crippen molar-refractivity contribution in [1.82, 2.24) is 10.3 Å². The summed E-state index contributed by atoms with van der Waals surface area (Å²) in [5, 5.41) is 3.95. The molecule has 18 heavy (non-hydrogen) atoms. The van der Waals surface area contributed by atoms with E-state index < -0.39 is 5.91 Å². The Bertz CT molecular complexity index is 606. The number of hydrogen-bond acceptors (Lipinski definition) is 1. The first-order chi connectivity index (χ1) is 8.11. The van der Waals surface area contributed by atoms with Crippen LogP contribution in [0.5, 0.6) is 0 Å². The van der Waals surface area contributed by atoms with Gasteiger partial charge in [0.25, 0.3) is 5.91 Å². The highest BCUT2D eigenvalue weighted by atomic mass is 35.5. The van der Waals surface area contributed by atoms with E-state index in [1.54, 1.807) is 25.2 Å². The second kappa shape index (κ2) is 5.75. The van der Waals surface area contributed by atoms with Gasteiger partial charge in [0.15, 0.2) is 5.96 Å². The monoisotopic (exact) mass is 286 g/mol. The Balaban J connectivity index is 0.00000162. The average Bonchev–Trinajstić information content (AvgIpc) is 2.74. The van der Waals surface area contributed by atoms with Gasteiger partial charge in [-0.1, -0.05) is 17.7 Å². The molecule has 0 spiro atoms. The summed E-state index contributed by atoms with van der Waals surface area (Å²) < 4.78 is 0. The van der Waals surface area contributed by atoms with E-state index in [-0.39, 0.29) is 18.4 Å². The van der Waals surface area contributed by atoms with Gasteiger partial charge in [-0.3, -0.25) is 4.79 Å². The van der Waals surface area contributed by atoms with Gasteiger partial charge >= 0.3 is 0 Å². The lowest BCUT2D eigenvalue weighted by Crippen LogP contribution is -2.28. The summed E-state index contributed by atoms with van der Waals surface area (Å²) in [5.74, 6) is -0.371. The smallest absolute Gasteiger partial charge is 0.296 e. The van der Waals surface area contributed by atoms with Crippen LogP contribution in [0.25, 0.3) is 10.9 Å². The van der Waals surface area contributed by atoms with Gasteiger partial charge in [-0.15, -0.1) is 12.4 Å². The number of aliphatic imine (C=N–C) groups is 1. The Labute approximate surface area is 115 Å². The van der Waals surface area contributed by atoms with Crippen LogP contribution in [0.15, 0.2) is 29.3 Å². The molecule has 1 aromatic heterocycles. The van der Waals surface area contributed by atoms with Crippen molar-refractivity contribution < 1.29 is 4.79 Å². The first-order valence-electron chi connectivity index (χ1n) is 4.95. The highest BCUT2D eigenvalue weighted by Gasteiger charge is 2.10. The number of nitrogens with one attached hydrogen (secondary N) is 2. The number of hydrogen-bond donors (Lipinski definition) is 3. The number of aromatic amines is 1. The van der Waals surface area contributed by atoms with Crippen molar-refractivity contribution >= 4 is 46.8 Å². The van der Waals surface area contributed by atoms with E-state index in [4.69, 9.17) is 17.3 Å². The summed E-state index contributed by atoms with van der Waals surface area (Å²) >= 11 is 6.00. The fourth-order valence-corrected chi connectivity index (χ4v) is 1.69. The molecule has 2 aromatic rings. The highest BCUT2D eigenvalue weighted by molar-refractivity contribution is 6.35.